The second-order valence-corrected chi connectivity index (χ2v) is 3.52. The highest BCUT2D eigenvalue weighted by Gasteiger charge is 2.05. The maximum atomic E-state index is 5.13. The van der Waals surface area contributed by atoms with Gasteiger partial charge in [-0.25, -0.2) is 0 Å². The molecule has 0 aromatic carbocycles. The van der Waals surface area contributed by atoms with E-state index in [1.54, 1.807) is 7.11 Å². The number of halogens is 1. The Hall–Kier alpha value is -1.10. The van der Waals surface area contributed by atoms with Crippen LogP contribution in [0.5, 0.6) is 5.75 Å². The minimum Gasteiger partial charge on any atom is -0.495 e. The lowest BCUT2D eigenvalue weighted by molar-refractivity contribution is 0.412. The van der Waals surface area contributed by atoms with Gasteiger partial charge < -0.3 is 4.74 Å². The molecule has 0 aliphatic heterocycles. The van der Waals surface area contributed by atoms with Crippen molar-refractivity contribution in [1.29, 1.82) is 0 Å². The summed E-state index contributed by atoms with van der Waals surface area (Å²) in [6.07, 6.45) is 1.89. The van der Waals surface area contributed by atoms with Crippen molar-refractivity contribution in [2.45, 2.75) is 6.92 Å². The Bertz CT molecular complexity index is 452. The molecule has 0 amide bonds. The van der Waals surface area contributed by atoms with E-state index in [2.05, 4.69) is 26.1 Å². The van der Waals surface area contributed by atoms with Crippen LogP contribution in [0.2, 0.25) is 0 Å². The molecule has 2 aromatic heterocycles. The molecule has 13 heavy (non-hydrogen) atoms. The molecule has 0 saturated carbocycles. The first-order chi connectivity index (χ1) is 6.22. The van der Waals surface area contributed by atoms with E-state index in [-0.39, 0.29) is 0 Å². The van der Waals surface area contributed by atoms with Crippen LogP contribution >= 0.6 is 15.9 Å². The molecule has 0 unspecified atom stereocenters. The van der Waals surface area contributed by atoms with E-state index in [0.29, 0.717) is 0 Å². The van der Waals surface area contributed by atoms with Crippen molar-refractivity contribution in [2.24, 2.45) is 0 Å². The van der Waals surface area contributed by atoms with Gasteiger partial charge in [-0.1, -0.05) is 0 Å². The lowest BCUT2D eigenvalue weighted by Gasteiger charge is -2.03. The minimum atomic E-state index is 0.764. The van der Waals surface area contributed by atoms with E-state index in [0.717, 1.165) is 21.7 Å². The SMILES string of the molecule is COc1cc2nnc(C)n2cc1Br. The lowest BCUT2D eigenvalue weighted by atomic mass is 10.4. The summed E-state index contributed by atoms with van der Waals surface area (Å²) in [4.78, 5) is 0. The maximum absolute atomic E-state index is 5.13. The monoisotopic (exact) mass is 241 g/mol. The Balaban J connectivity index is 2.76. The third-order valence-corrected chi connectivity index (χ3v) is 2.45. The highest BCUT2D eigenvalue weighted by Crippen LogP contribution is 2.25. The van der Waals surface area contributed by atoms with Gasteiger partial charge in [0.15, 0.2) is 5.65 Å². The summed E-state index contributed by atoms with van der Waals surface area (Å²) in [5.74, 6) is 1.62. The number of rotatable bonds is 1. The zero-order valence-corrected chi connectivity index (χ0v) is 8.87. The molecule has 5 heteroatoms. The number of aryl methyl sites for hydroxylation is 1. The van der Waals surface area contributed by atoms with E-state index in [9.17, 15) is 0 Å². The van der Waals surface area contributed by atoms with Gasteiger partial charge in [-0.15, -0.1) is 10.2 Å². The van der Waals surface area contributed by atoms with Gasteiger partial charge in [0.1, 0.15) is 11.6 Å². The van der Waals surface area contributed by atoms with E-state index in [4.69, 9.17) is 4.74 Å². The summed E-state index contributed by atoms with van der Waals surface area (Å²) in [5.41, 5.74) is 0.789. The van der Waals surface area contributed by atoms with Gasteiger partial charge in [0.05, 0.1) is 11.6 Å². The standard InChI is InChI=1S/C8H8BrN3O/c1-5-10-11-8-3-7(13-2)6(9)4-12(5)8/h3-4H,1-2H3. The summed E-state index contributed by atoms with van der Waals surface area (Å²) >= 11 is 3.40. The number of hydrogen-bond donors (Lipinski definition) is 0. The van der Waals surface area contributed by atoms with Crippen LogP contribution in [0.1, 0.15) is 5.82 Å². The normalized spacial score (nSPS) is 10.7. The van der Waals surface area contributed by atoms with Crippen molar-refractivity contribution < 1.29 is 4.74 Å². The number of fused-ring (bicyclic) bond motifs is 1. The first kappa shape index (κ1) is 8.50. The lowest BCUT2D eigenvalue weighted by Crippen LogP contribution is -1.91. The molecule has 2 heterocycles. The van der Waals surface area contributed by atoms with Crippen molar-refractivity contribution >= 4 is 21.6 Å². The quantitative estimate of drug-likeness (QED) is 0.765. The fourth-order valence-electron chi connectivity index (χ4n) is 1.16. The number of ether oxygens (including phenoxy) is 1. The van der Waals surface area contributed by atoms with Crippen molar-refractivity contribution in [1.82, 2.24) is 14.6 Å². The summed E-state index contributed by atoms with van der Waals surface area (Å²) in [7, 11) is 1.62. The van der Waals surface area contributed by atoms with Crippen molar-refractivity contribution in [2.75, 3.05) is 7.11 Å². The zero-order chi connectivity index (χ0) is 9.42. The predicted molar refractivity (Wildman–Crippen MR) is 52.0 cm³/mol. The van der Waals surface area contributed by atoms with Gasteiger partial charge in [-0.3, -0.25) is 4.40 Å². The highest BCUT2D eigenvalue weighted by atomic mass is 79.9. The molecule has 0 N–H and O–H groups in total. The van der Waals surface area contributed by atoms with E-state index in [1.807, 2.05) is 23.6 Å². The fraction of sp³-hybridized carbons (Fsp3) is 0.250. The number of methoxy groups -OCH3 is 1. The van der Waals surface area contributed by atoms with Crippen molar-refractivity contribution in [3.8, 4) is 5.75 Å². The summed E-state index contributed by atoms with van der Waals surface area (Å²) in [6, 6.07) is 1.84. The molecule has 0 atom stereocenters. The second-order valence-electron chi connectivity index (χ2n) is 2.67. The van der Waals surface area contributed by atoms with Gasteiger partial charge in [0.2, 0.25) is 0 Å². The van der Waals surface area contributed by atoms with Crippen LogP contribution in [0.4, 0.5) is 0 Å². The van der Waals surface area contributed by atoms with Gasteiger partial charge in [-0.05, 0) is 22.9 Å². The average molecular weight is 242 g/mol. The molecule has 0 saturated heterocycles. The van der Waals surface area contributed by atoms with Gasteiger partial charge >= 0.3 is 0 Å². The highest BCUT2D eigenvalue weighted by molar-refractivity contribution is 9.10. The maximum Gasteiger partial charge on any atom is 0.164 e. The molecule has 0 aliphatic carbocycles. The van der Waals surface area contributed by atoms with Crippen LogP contribution in [0.25, 0.3) is 5.65 Å². The molecular weight excluding hydrogens is 234 g/mol. The Kier molecular flexibility index (Phi) is 1.95. The Labute approximate surface area is 83.7 Å². The second kappa shape index (κ2) is 2.99. The third-order valence-electron chi connectivity index (χ3n) is 1.85. The van der Waals surface area contributed by atoms with Gasteiger partial charge in [0.25, 0.3) is 0 Å². The Morgan fingerprint density at radius 3 is 2.92 bits per heavy atom. The van der Waals surface area contributed by atoms with Crippen LogP contribution in [-0.2, 0) is 0 Å². The Morgan fingerprint density at radius 2 is 2.23 bits per heavy atom. The predicted octanol–water partition coefficient (Wildman–Crippen LogP) is 1.81. The molecule has 0 fully saturated rings. The van der Waals surface area contributed by atoms with Crippen LogP contribution in [0, 0.1) is 6.92 Å². The average Bonchev–Trinajstić information content (AvgIpc) is 2.47. The first-order valence-corrected chi connectivity index (χ1v) is 4.56. The summed E-state index contributed by atoms with van der Waals surface area (Å²) in [6.45, 7) is 1.90. The summed E-state index contributed by atoms with van der Waals surface area (Å²) in [5, 5.41) is 7.93. The fourth-order valence-corrected chi connectivity index (χ4v) is 1.64. The van der Waals surface area contributed by atoms with Gasteiger partial charge in [-0.2, -0.15) is 0 Å². The van der Waals surface area contributed by atoms with E-state index in [1.165, 1.54) is 0 Å². The molecule has 2 aromatic rings. The molecular formula is C8H8BrN3O. The van der Waals surface area contributed by atoms with Crippen molar-refractivity contribution in [3.05, 3.63) is 22.6 Å². The number of hydrogen-bond acceptors (Lipinski definition) is 3. The Morgan fingerprint density at radius 1 is 1.46 bits per heavy atom. The van der Waals surface area contributed by atoms with Crippen LogP contribution in [0.15, 0.2) is 16.7 Å². The molecule has 0 spiro atoms. The largest absolute Gasteiger partial charge is 0.495 e. The first-order valence-electron chi connectivity index (χ1n) is 3.77. The minimum absolute atomic E-state index is 0.764. The number of pyridine rings is 1. The zero-order valence-electron chi connectivity index (χ0n) is 7.28. The third kappa shape index (κ3) is 1.29. The van der Waals surface area contributed by atoms with Crippen molar-refractivity contribution in [3.63, 3.8) is 0 Å². The molecule has 68 valence electrons. The smallest absolute Gasteiger partial charge is 0.164 e. The molecule has 0 radical (unpaired) electrons. The van der Waals surface area contributed by atoms with E-state index >= 15 is 0 Å². The molecule has 4 nitrogen and oxygen atoms in total. The van der Waals surface area contributed by atoms with E-state index < -0.39 is 0 Å². The van der Waals surface area contributed by atoms with Gasteiger partial charge in [0, 0.05) is 12.3 Å². The topological polar surface area (TPSA) is 39.4 Å². The number of nitrogens with zero attached hydrogens (tertiary/aromatic N) is 3. The molecule has 0 aliphatic rings. The van der Waals surface area contributed by atoms with Crippen LogP contribution in [-0.4, -0.2) is 21.7 Å². The number of aromatic nitrogens is 3. The molecule has 2 rings (SSSR count). The molecule has 0 bridgehead atoms. The van der Waals surface area contributed by atoms with Crippen LogP contribution < -0.4 is 4.74 Å². The summed E-state index contributed by atoms with van der Waals surface area (Å²) < 4.78 is 7.92. The van der Waals surface area contributed by atoms with Crippen LogP contribution in [0.3, 0.4) is 0 Å².